The highest BCUT2D eigenvalue weighted by molar-refractivity contribution is 7.92. The molecule has 0 aliphatic rings. The highest BCUT2D eigenvalue weighted by Crippen LogP contribution is 2.33. The van der Waals surface area contributed by atoms with Crippen molar-refractivity contribution in [1.82, 2.24) is 10.2 Å². The third kappa shape index (κ3) is 8.28. The molecule has 0 aliphatic heterocycles. The van der Waals surface area contributed by atoms with Crippen LogP contribution in [0.25, 0.3) is 0 Å². The fraction of sp³-hybridized carbons (Fsp3) is 0.355. The van der Waals surface area contributed by atoms with Gasteiger partial charge in [0.25, 0.3) is 10.0 Å². The molecule has 3 aromatic rings. The molecule has 0 saturated carbocycles. The Hall–Kier alpha value is -3.67. The Morgan fingerprint density at radius 2 is 1.57 bits per heavy atom. The third-order valence-electron chi connectivity index (χ3n) is 6.76. The first-order valence-electron chi connectivity index (χ1n) is 14.0. The van der Waals surface area contributed by atoms with E-state index in [4.69, 9.17) is 37.4 Å². The van der Waals surface area contributed by atoms with Crippen LogP contribution < -0.4 is 23.8 Å². The molecule has 1 atom stereocenters. The number of carbonyl (C=O) groups excluding carboxylic acids is 2. The number of sulfonamides is 1. The van der Waals surface area contributed by atoms with Crippen molar-refractivity contribution in [3.8, 4) is 17.2 Å². The van der Waals surface area contributed by atoms with E-state index in [1.807, 2.05) is 13.8 Å². The maximum Gasteiger partial charge on any atom is 0.264 e. The fourth-order valence-electron chi connectivity index (χ4n) is 4.34. The molecule has 0 radical (unpaired) electrons. The van der Waals surface area contributed by atoms with Gasteiger partial charge in [0.05, 0.1) is 31.4 Å². The summed E-state index contributed by atoms with van der Waals surface area (Å²) in [7, 11) is -1.53. The zero-order valence-electron chi connectivity index (χ0n) is 25.3. The van der Waals surface area contributed by atoms with Gasteiger partial charge in [-0.2, -0.15) is 0 Å². The van der Waals surface area contributed by atoms with Crippen molar-refractivity contribution in [3.05, 3.63) is 76.3 Å². The molecule has 0 bridgehead atoms. The smallest absolute Gasteiger partial charge is 0.264 e. The lowest BCUT2D eigenvalue weighted by Gasteiger charge is -2.32. The molecule has 0 saturated heterocycles. The summed E-state index contributed by atoms with van der Waals surface area (Å²) in [4.78, 5) is 28.3. The Balaban J connectivity index is 2.11. The van der Waals surface area contributed by atoms with E-state index in [0.29, 0.717) is 46.7 Å². The first-order chi connectivity index (χ1) is 21.0. The zero-order chi connectivity index (χ0) is 32.4. The predicted octanol–water partition coefficient (Wildman–Crippen LogP) is 5.55. The van der Waals surface area contributed by atoms with Gasteiger partial charge in [0, 0.05) is 34.8 Å². The molecule has 0 fully saturated rings. The summed E-state index contributed by atoms with van der Waals surface area (Å²) in [5.41, 5.74) is 0.630. The van der Waals surface area contributed by atoms with Crippen LogP contribution in [-0.2, 0) is 26.2 Å². The molecule has 0 aromatic heterocycles. The van der Waals surface area contributed by atoms with Crippen molar-refractivity contribution < 1.29 is 32.2 Å². The molecule has 2 amide bonds. The van der Waals surface area contributed by atoms with Crippen LogP contribution in [0.5, 0.6) is 17.2 Å². The van der Waals surface area contributed by atoms with Crippen LogP contribution in [-0.4, -0.2) is 65.1 Å². The number of hydrogen-bond acceptors (Lipinski definition) is 7. The van der Waals surface area contributed by atoms with E-state index in [1.54, 1.807) is 49.4 Å². The third-order valence-corrected chi connectivity index (χ3v) is 9.24. The van der Waals surface area contributed by atoms with Crippen molar-refractivity contribution in [2.75, 3.05) is 38.2 Å². The van der Waals surface area contributed by atoms with E-state index < -0.39 is 34.4 Å². The Morgan fingerprint density at radius 3 is 2.14 bits per heavy atom. The van der Waals surface area contributed by atoms with Crippen LogP contribution >= 0.6 is 23.2 Å². The van der Waals surface area contributed by atoms with Crippen molar-refractivity contribution in [1.29, 1.82) is 0 Å². The minimum absolute atomic E-state index is 0.133. The Morgan fingerprint density at radius 1 is 0.932 bits per heavy atom. The van der Waals surface area contributed by atoms with Crippen LogP contribution in [0, 0.1) is 0 Å². The van der Waals surface area contributed by atoms with Gasteiger partial charge in [-0.15, -0.1) is 0 Å². The number of nitrogens with one attached hydrogen (secondary N) is 1. The molecule has 13 heteroatoms. The first kappa shape index (κ1) is 34.8. The predicted molar refractivity (Wildman–Crippen MR) is 171 cm³/mol. The molecule has 0 unspecified atom stereocenters. The lowest BCUT2D eigenvalue weighted by Crippen LogP contribution is -2.51. The summed E-state index contributed by atoms with van der Waals surface area (Å²) in [6.07, 6.45) is 0.692. The van der Waals surface area contributed by atoms with Crippen LogP contribution in [0.15, 0.2) is 65.6 Å². The van der Waals surface area contributed by atoms with Crippen LogP contribution in [0.2, 0.25) is 10.0 Å². The minimum Gasteiger partial charge on any atom is -0.494 e. The van der Waals surface area contributed by atoms with E-state index in [2.05, 4.69) is 5.32 Å². The maximum absolute atomic E-state index is 14.2. The number of ether oxygens (including phenoxy) is 3. The molecule has 0 heterocycles. The summed E-state index contributed by atoms with van der Waals surface area (Å²) in [6.45, 7) is 5.36. The minimum atomic E-state index is -4.36. The van der Waals surface area contributed by atoms with Gasteiger partial charge in [0.15, 0.2) is 11.5 Å². The SMILES string of the molecule is CCCNC(=O)[C@@H](C)N(Cc1c(Cl)cccc1Cl)C(=O)CN(c1ccc(OCC)cc1)S(=O)(=O)c1ccc(OC)c(OC)c1. The van der Waals surface area contributed by atoms with Crippen molar-refractivity contribution in [3.63, 3.8) is 0 Å². The molecule has 10 nitrogen and oxygen atoms in total. The van der Waals surface area contributed by atoms with Gasteiger partial charge in [-0.25, -0.2) is 8.42 Å². The van der Waals surface area contributed by atoms with E-state index in [0.717, 1.165) is 4.31 Å². The monoisotopic (exact) mass is 665 g/mol. The quantitative estimate of drug-likeness (QED) is 0.226. The summed E-state index contributed by atoms with van der Waals surface area (Å²) < 4.78 is 45.5. The summed E-state index contributed by atoms with van der Waals surface area (Å²) in [5, 5.41) is 3.40. The highest BCUT2D eigenvalue weighted by Gasteiger charge is 2.33. The summed E-state index contributed by atoms with van der Waals surface area (Å²) >= 11 is 12.9. The topological polar surface area (TPSA) is 114 Å². The molecule has 3 aromatic carbocycles. The largest absolute Gasteiger partial charge is 0.494 e. The second-order valence-corrected chi connectivity index (χ2v) is 12.3. The number of benzene rings is 3. The molecule has 44 heavy (non-hydrogen) atoms. The molecular weight excluding hydrogens is 629 g/mol. The van der Waals surface area contributed by atoms with Gasteiger partial charge in [0.1, 0.15) is 18.3 Å². The number of methoxy groups -OCH3 is 2. The molecule has 238 valence electrons. The zero-order valence-corrected chi connectivity index (χ0v) is 27.6. The Kier molecular flexibility index (Phi) is 12.6. The lowest BCUT2D eigenvalue weighted by molar-refractivity contribution is -0.139. The van der Waals surface area contributed by atoms with Gasteiger partial charge < -0.3 is 24.4 Å². The number of anilines is 1. The number of carbonyl (C=O) groups is 2. The van der Waals surface area contributed by atoms with Gasteiger partial charge in [-0.1, -0.05) is 36.2 Å². The van der Waals surface area contributed by atoms with Gasteiger partial charge >= 0.3 is 0 Å². The van der Waals surface area contributed by atoms with E-state index in [1.165, 1.54) is 37.3 Å². The number of nitrogens with zero attached hydrogens (tertiary/aromatic N) is 2. The number of halogens is 2. The summed E-state index contributed by atoms with van der Waals surface area (Å²) in [5.74, 6) is 0.00617. The second-order valence-electron chi connectivity index (χ2n) is 9.64. The average molecular weight is 667 g/mol. The normalized spacial score (nSPS) is 11.8. The molecule has 1 N–H and O–H groups in total. The number of rotatable bonds is 15. The maximum atomic E-state index is 14.2. The van der Waals surface area contributed by atoms with Gasteiger partial charge in [-0.3, -0.25) is 13.9 Å². The molecule has 0 spiro atoms. The molecule has 0 aliphatic carbocycles. The fourth-order valence-corrected chi connectivity index (χ4v) is 6.29. The summed E-state index contributed by atoms with van der Waals surface area (Å²) in [6, 6.07) is 14.4. The standard InChI is InChI=1S/C31H37Cl2N3O7S/c1-6-17-34-31(38)21(3)35(19-25-26(32)9-8-10-27(25)33)30(37)20-36(22-11-13-23(14-12-22)43-7-2)44(39,40)24-15-16-28(41-4)29(18-24)42-5/h8-16,18,21H,6-7,17,19-20H2,1-5H3,(H,34,38)/t21-/m1/s1. The Bertz CT molecular complexity index is 1530. The molecular formula is C31H37Cl2N3O7S. The van der Waals surface area contributed by atoms with E-state index in [-0.39, 0.29) is 22.9 Å². The molecule has 3 rings (SSSR count). The number of amides is 2. The van der Waals surface area contributed by atoms with Crippen LogP contribution in [0.3, 0.4) is 0 Å². The first-order valence-corrected chi connectivity index (χ1v) is 16.2. The Labute approximate surface area is 268 Å². The average Bonchev–Trinajstić information content (AvgIpc) is 3.02. The van der Waals surface area contributed by atoms with Crippen LogP contribution in [0.4, 0.5) is 5.69 Å². The highest BCUT2D eigenvalue weighted by atomic mass is 35.5. The van der Waals surface area contributed by atoms with E-state index >= 15 is 0 Å². The second kappa shape index (κ2) is 15.9. The van der Waals surface area contributed by atoms with Crippen molar-refractivity contribution in [2.24, 2.45) is 0 Å². The lowest BCUT2D eigenvalue weighted by atomic mass is 10.1. The van der Waals surface area contributed by atoms with Crippen LogP contribution in [0.1, 0.15) is 32.8 Å². The number of hydrogen-bond donors (Lipinski definition) is 1. The van der Waals surface area contributed by atoms with E-state index in [9.17, 15) is 18.0 Å². The van der Waals surface area contributed by atoms with Crippen molar-refractivity contribution >= 4 is 50.7 Å². The van der Waals surface area contributed by atoms with Gasteiger partial charge in [-0.05, 0) is 68.8 Å². The van der Waals surface area contributed by atoms with Gasteiger partial charge in [0.2, 0.25) is 11.8 Å². The van der Waals surface area contributed by atoms with Crippen molar-refractivity contribution in [2.45, 2.75) is 44.7 Å².